The third kappa shape index (κ3) is 10.1. The lowest BCUT2D eigenvalue weighted by atomic mass is 9.98. The van der Waals surface area contributed by atoms with Crippen LogP contribution >= 0.6 is 11.6 Å². The quantitative estimate of drug-likeness (QED) is 0.409. The summed E-state index contributed by atoms with van der Waals surface area (Å²) in [4.78, 5) is 0. The second-order valence-corrected chi connectivity index (χ2v) is 3.57. The minimum Gasteiger partial charge on any atom is -0.0898 e. The molecule has 2 heteroatoms. The van der Waals surface area contributed by atoms with Gasteiger partial charge < -0.3 is 0 Å². The zero-order valence-electron chi connectivity index (χ0n) is 7.53. The molecule has 0 aliphatic carbocycles. The van der Waals surface area contributed by atoms with Crippen molar-refractivity contribution in [1.29, 1.82) is 0 Å². The van der Waals surface area contributed by atoms with E-state index in [-0.39, 0.29) is 0 Å². The lowest BCUT2D eigenvalue weighted by molar-refractivity contribution is 0.635. The number of halogens is 1. The van der Waals surface area contributed by atoms with Gasteiger partial charge in [0.15, 0.2) is 0 Å². The van der Waals surface area contributed by atoms with E-state index in [1.54, 1.807) is 0 Å². The Kier molecular flexibility index (Phi) is 8.26. The first-order valence-electron chi connectivity index (χ1n) is 4.60. The highest BCUT2D eigenvalue weighted by atomic mass is 35.5. The van der Waals surface area contributed by atoms with E-state index < -0.39 is 0 Å². The van der Waals surface area contributed by atoms with Crippen LogP contribution in [-0.2, 0) is 0 Å². The minimum atomic E-state index is 0.806. The molecule has 0 aliphatic rings. The van der Waals surface area contributed by atoms with E-state index in [0.717, 1.165) is 11.5 Å². The first-order chi connectivity index (χ1) is 5.27. The molecular weight excluding hydrogens is 154 g/mol. The summed E-state index contributed by atoms with van der Waals surface area (Å²) >= 11 is 5.62. The molecule has 0 atom stereocenters. The molecule has 0 aromatic carbocycles. The third-order valence-corrected chi connectivity index (χ3v) is 1.99. The van der Waals surface area contributed by atoms with Crippen LogP contribution in [0, 0.1) is 0 Å². The zero-order valence-corrected chi connectivity index (χ0v) is 8.29. The van der Waals surface area contributed by atoms with Crippen LogP contribution < -0.4 is 0 Å². The standard InChI is InChI=1S/C9H18BCl/c1-9(11)7-5-3-2-4-6-8-10/h1-8,10H2. The van der Waals surface area contributed by atoms with Gasteiger partial charge in [-0.25, -0.2) is 0 Å². The van der Waals surface area contributed by atoms with Crippen LogP contribution in [-0.4, -0.2) is 7.85 Å². The summed E-state index contributed by atoms with van der Waals surface area (Å²) in [6.07, 6.45) is 8.96. The number of hydrogen-bond acceptors (Lipinski definition) is 0. The third-order valence-electron chi connectivity index (χ3n) is 1.80. The highest BCUT2D eigenvalue weighted by Crippen LogP contribution is 2.12. The van der Waals surface area contributed by atoms with Gasteiger partial charge in [-0.3, -0.25) is 0 Å². The molecular formula is C9H18BCl. The number of allylic oxidation sites excluding steroid dienone is 1. The lowest BCUT2D eigenvalue weighted by Gasteiger charge is -1.98. The van der Waals surface area contributed by atoms with E-state index in [9.17, 15) is 0 Å². The topological polar surface area (TPSA) is 0 Å². The molecule has 0 aromatic heterocycles. The van der Waals surface area contributed by atoms with Crippen molar-refractivity contribution >= 4 is 19.4 Å². The second kappa shape index (κ2) is 8.19. The van der Waals surface area contributed by atoms with Gasteiger partial charge in [0, 0.05) is 5.03 Å². The van der Waals surface area contributed by atoms with Crippen LogP contribution in [0.5, 0.6) is 0 Å². The average molecular weight is 173 g/mol. The maximum atomic E-state index is 5.62. The van der Waals surface area contributed by atoms with E-state index in [1.165, 1.54) is 38.4 Å². The van der Waals surface area contributed by atoms with E-state index in [0.29, 0.717) is 0 Å². The molecule has 0 radical (unpaired) electrons. The monoisotopic (exact) mass is 172 g/mol. The summed E-state index contributed by atoms with van der Waals surface area (Å²) in [5, 5.41) is 0.806. The van der Waals surface area contributed by atoms with Crippen molar-refractivity contribution in [2.24, 2.45) is 0 Å². The number of unbranched alkanes of at least 4 members (excludes halogenated alkanes) is 4. The van der Waals surface area contributed by atoms with Gasteiger partial charge in [-0.2, -0.15) is 0 Å². The molecule has 0 aliphatic heterocycles. The maximum absolute atomic E-state index is 5.62. The van der Waals surface area contributed by atoms with Crippen molar-refractivity contribution in [3.8, 4) is 0 Å². The highest BCUT2D eigenvalue weighted by Gasteiger charge is 1.90. The van der Waals surface area contributed by atoms with Gasteiger partial charge in [0.25, 0.3) is 0 Å². The predicted octanol–water partition coefficient (Wildman–Crippen LogP) is 3.13. The molecule has 0 heterocycles. The van der Waals surface area contributed by atoms with Crippen molar-refractivity contribution in [2.75, 3.05) is 0 Å². The van der Waals surface area contributed by atoms with Crippen molar-refractivity contribution in [3.63, 3.8) is 0 Å². The lowest BCUT2D eigenvalue weighted by Crippen LogP contribution is -1.79. The van der Waals surface area contributed by atoms with E-state index in [2.05, 4.69) is 14.4 Å². The summed E-state index contributed by atoms with van der Waals surface area (Å²) in [6, 6.07) is 0. The summed E-state index contributed by atoms with van der Waals surface area (Å²) in [5.74, 6) is 0. The summed E-state index contributed by atoms with van der Waals surface area (Å²) in [6.45, 7) is 3.65. The summed E-state index contributed by atoms with van der Waals surface area (Å²) in [7, 11) is 2.24. The Bertz CT molecular complexity index is 102. The molecule has 64 valence electrons. The molecule has 0 spiro atoms. The van der Waals surface area contributed by atoms with Gasteiger partial charge in [-0.05, 0) is 12.8 Å². The Balaban J connectivity index is 2.85. The van der Waals surface area contributed by atoms with Gasteiger partial charge in [-0.15, -0.1) is 0 Å². The Labute approximate surface area is 76.4 Å². The molecule has 0 saturated heterocycles. The SMILES string of the molecule is BCCCCCCCC(=C)Cl. The molecule has 0 bridgehead atoms. The second-order valence-electron chi connectivity index (χ2n) is 3.04. The fourth-order valence-electron chi connectivity index (χ4n) is 1.10. The van der Waals surface area contributed by atoms with E-state index in [4.69, 9.17) is 11.6 Å². The van der Waals surface area contributed by atoms with E-state index in [1.807, 2.05) is 0 Å². The van der Waals surface area contributed by atoms with E-state index >= 15 is 0 Å². The van der Waals surface area contributed by atoms with Gasteiger partial charge in [0.1, 0.15) is 7.85 Å². The number of rotatable bonds is 7. The Hall–Kier alpha value is 0.0949. The Morgan fingerprint density at radius 1 is 1.09 bits per heavy atom. The Morgan fingerprint density at radius 3 is 2.18 bits per heavy atom. The Morgan fingerprint density at radius 2 is 1.64 bits per heavy atom. The van der Waals surface area contributed by atoms with Crippen molar-refractivity contribution in [1.82, 2.24) is 0 Å². The molecule has 0 rings (SSSR count). The molecule has 0 unspecified atom stereocenters. The van der Waals surface area contributed by atoms with Gasteiger partial charge in [0.2, 0.25) is 0 Å². The summed E-state index contributed by atoms with van der Waals surface area (Å²) < 4.78 is 0. The van der Waals surface area contributed by atoms with Gasteiger partial charge in [-0.1, -0.05) is 50.2 Å². The minimum absolute atomic E-state index is 0.806. The van der Waals surface area contributed by atoms with Crippen molar-refractivity contribution in [2.45, 2.75) is 44.8 Å². The van der Waals surface area contributed by atoms with Crippen molar-refractivity contribution in [3.05, 3.63) is 11.6 Å². The fourth-order valence-corrected chi connectivity index (χ4v) is 1.23. The van der Waals surface area contributed by atoms with Crippen LogP contribution in [0.15, 0.2) is 11.6 Å². The molecule has 0 amide bonds. The fraction of sp³-hybridized carbons (Fsp3) is 0.778. The molecule has 0 aromatic rings. The molecule has 0 fully saturated rings. The normalized spacial score (nSPS) is 9.91. The zero-order chi connectivity index (χ0) is 8.53. The molecule has 0 nitrogen and oxygen atoms in total. The number of hydrogen-bond donors (Lipinski definition) is 0. The first-order valence-corrected chi connectivity index (χ1v) is 4.98. The van der Waals surface area contributed by atoms with Gasteiger partial charge in [0.05, 0.1) is 0 Å². The van der Waals surface area contributed by atoms with Crippen LogP contribution in [0.1, 0.15) is 38.5 Å². The molecule has 0 N–H and O–H groups in total. The predicted molar refractivity (Wildman–Crippen MR) is 56.0 cm³/mol. The highest BCUT2D eigenvalue weighted by molar-refractivity contribution is 6.29. The van der Waals surface area contributed by atoms with Crippen LogP contribution in [0.3, 0.4) is 0 Å². The maximum Gasteiger partial charge on any atom is 0.101 e. The smallest absolute Gasteiger partial charge is 0.0898 e. The first kappa shape index (κ1) is 11.1. The van der Waals surface area contributed by atoms with Crippen LogP contribution in [0.2, 0.25) is 6.32 Å². The van der Waals surface area contributed by atoms with Crippen LogP contribution in [0.25, 0.3) is 0 Å². The van der Waals surface area contributed by atoms with Gasteiger partial charge >= 0.3 is 0 Å². The molecule has 11 heavy (non-hydrogen) atoms. The van der Waals surface area contributed by atoms with Crippen molar-refractivity contribution < 1.29 is 0 Å². The van der Waals surface area contributed by atoms with Crippen LogP contribution in [0.4, 0.5) is 0 Å². The average Bonchev–Trinajstić information content (AvgIpc) is 1.96. The summed E-state index contributed by atoms with van der Waals surface area (Å²) in [5.41, 5.74) is 0. The largest absolute Gasteiger partial charge is 0.101 e. The molecule has 0 saturated carbocycles.